The van der Waals surface area contributed by atoms with Crippen LogP contribution in [-0.2, 0) is 11.2 Å². The van der Waals surface area contributed by atoms with Crippen LogP contribution < -0.4 is 15.2 Å². The van der Waals surface area contributed by atoms with E-state index in [2.05, 4.69) is 4.90 Å². The van der Waals surface area contributed by atoms with E-state index in [0.717, 1.165) is 44.8 Å². The standard InChI is InChI=1S/C17H26N2O5/c1-3-12-11-13(17(20)21)14(18)16(22-2)15(12)24-8-4-5-19-6-9-23-10-7-19/h11H,3-10,18H2,1-2H3,(H,20,21). The number of carbonyl (C=O) groups is 1. The van der Waals surface area contributed by atoms with E-state index in [1.807, 2.05) is 6.92 Å². The highest BCUT2D eigenvalue weighted by molar-refractivity contribution is 5.96. The molecule has 0 atom stereocenters. The molecule has 1 aromatic carbocycles. The highest BCUT2D eigenvalue weighted by Gasteiger charge is 2.21. The zero-order valence-electron chi connectivity index (χ0n) is 14.3. The summed E-state index contributed by atoms with van der Waals surface area (Å²) in [7, 11) is 1.47. The van der Waals surface area contributed by atoms with E-state index < -0.39 is 5.97 Å². The summed E-state index contributed by atoms with van der Waals surface area (Å²) in [5.41, 5.74) is 6.86. The number of nitrogens with zero attached hydrogens (tertiary/aromatic N) is 1. The SMILES string of the molecule is CCc1cc(C(=O)O)c(N)c(OC)c1OCCCN1CCOCC1. The first-order valence-electron chi connectivity index (χ1n) is 8.24. The van der Waals surface area contributed by atoms with Crippen molar-refractivity contribution < 1.29 is 24.1 Å². The largest absolute Gasteiger partial charge is 0.491 e. The zero-order chi connectivity index (χ0) is 17.5. The van der Waals surface area contributed by atoms with Crippen molar-refractivity contribution in [2.24, 2.45) is 0 Å². The molecule has 0 radical (unpaired) electrons. The summed E-state index contributed by atoms with van der Waals surface area (Å²) in [6, 6.07) is 1.57. The second-order valence-electron chi connectivity index (χ2n) is 5.67. The van der Waals surface area contributed by atoms with Crippen LogP contribution in [0.2, 0.25) is 0 Å². The van der Waals surface area contributed by atoms with E-state index in [1.165, 1.54) is 7.11 Å². The molecule has 1 heterocycles. The molecule has 134 valence electrons. The Balaban J connectivity index is 2.05. The number of aryl methyl sites for hydroxylation is 1. The van der Waals surface area contributed by atoms with Gasteiger partial charge in [0, 0.05) is 19.6 Å². The van der Waals surface area contributed by atoms with Crippen LogP contribution in [0.1, 0.15) is 29.3 Å². The minimum Gasteiger partial charge on any atom is -0.491 e. The molecule has 1 aliphatic rings. The van der Waals surface area contributed by atoms with Gasteiger partial charge in [0.15, 0.2) is 11.5 Å². The van der Waals surface area contributed by atoms with Gasteiger partial charge in [0.1, 0.15) is 0 Å². The minimum atomic E-state index is -1.07. The Labute approximate surface area is 142 Å². The molecule has 1 aliphatic heterocycles. The van der Waals surface area contributed by atoms with Crippen LogP contribution >= 0.6 is 0 Å². The van der Waals surface area contributed by atoms with Crippen molar-refractivity contribution >= 4 is 11.7 Å². The molecule has 0 saturated carbocycles. The number of methoxy groups -OCH3 is 1. The van der Waals surface area contributed by atoms with E-state index >= 15 is 0 Å². The maximum absolute atomic E-state index is 11.3. The quantitative estimate of drug-likeness (QED) is 0.549. The number of hydrogen-bond donors (Lipinski definition) is 2. The van der Waals surface area contributed by atoms with E-state index in [0.29, 0.717) is 24.5 Å². The number of nitrogen functional groups attached to an aromatic ring is 1. The predicted molar refractivity (Wildman–Crippen MR) is 91.1 cm³/mol. The molecule has 7 heteroatoms. The highest BCUT2D eigenvalue weighted by atomic mass is 16.5. The van der Waals surface area contributed by atoms with Crippen molar-refractivity contribution in [2.75, 3.05) is 52.3 Å². The Hall–Kier alpha value is -1.99. The summed E-state index contributed by atoms with van der Waals surface area (Å²) in [5.74, 6) is -0.220. The number of carboxylic acid groups (broad SMARTS) is 1. The number of aromatic carboxylic acids is 1. The van der Waals surface area contributed by atoms with Crippen molar-refractivity contribution in [2.45, 2.75) is 19.8 Å². The molecular weight excluding hydrogens is 312 g/mol. The van der Waals surface area contributed by atoms with Crippen LogP contribution in [0.3, 0.4) is 0 Å². The summed E-state index contributed by atoms with van der Waals surface area (Å²) in [6.45, 7) is 6.86. The topological polar surface area (TPSA) is 94.2 Å². The summed E-state index contributed by atoms with van der Waals surface area (Å²) < 4.78 is 16.5. The lowest BCUT2D eigenvalue weighted by atomic mass is 10.0. The molecule has 24 heavy (non-hydrogen) atoms. The summed E-state index contributed by atoms with van der Waals surface area (Å²) in [4.78, 5) is 13.7. The third-order valence-corrected chi connectivity index (χ3v) is 4.14. The minimum absolute atomic E-state index is 0.0457. The van der Waals surface area contributed by atoms with Gasteiger partial charge in [-0.1, -0.05) is 6.92 Å². The highest BCUT2D eigenvalue weighted by Crippen LogP contribution is 2.39. The first-order valence-corrected chi connectivity index (χ1v) is 8.24. The molecule has 0 amide bonds. The molecule has 1 fully saturated rings. The van der Waals surface area contributed by atoms with E-state index in [4.69, 9.17) is 19.9 Å². The van der Waals surface area contributed by atoms with Crippen LogP contribution in [0.15, 0.2) is 6.07 Å². The van der Waals surface area contributed by atoms with E-state index in [9.17, 15) is 9.90 Å². The second kappa shape index (κ2) is 8.75. The Morgan fingerprint density at radius 1 is 1.38 bits per heavy atom. The van der Waals surface area contributed by atoms with Gasteiger partial charge < -0.3 is 25.1 Å². The molecule has 0 unspecified atom stereocenters. The normalized spacial score (nSPS) is 15.2. The van der Waals surface area contributed by atoms with Gasteiger partial charge in [-0.15, -0.1) is 0 Å². The Bertz CT molecular complexity index is 571. The van der Waals surface area contributed by atoms with Crippen LogP contribution in [-0.4, -0.2) is 62.5 Å². The number of morpholine rings is 1. The van der Waals surface area contributed by atoms with Crippen LogP contribution in [0.4, 0.5) is 5.69 Å². The number of anilines is 1. The first-order chi connectivity index (χ1) is 11.6. The Morgan fingerprint density at radius 3 is 2.67 bits per heavy atom. The molecule has 2 rings (SSSR count). The molecule has 0 aliphatic carbocycles. The first kappa shape index (κ1) is 18.4. The van der Waals surface area contributed by atoms with Gasteiger partial charge in [0.05, 0.1) is 38.2 Å². The molecule has 0 aromatic heterocycles. The van der Waals surface area contributed by atoms with E-state index in [1.54, 1.807) is 6.07 Å². The number of benzene rings is 1. The average molecular weight is 338 g/mol. The molecule has 1 saturated heterocycles. The summed E-state index contributed by atoms with van der Waals surface area (Å²) in [6.07, 6.45) is 1.50. The van der Waals surface area contributed by atoms with Crippen molar-refractivity contribution in [3.8, 4) is 11.5 Å². The third kappa shape index (κ3) is 4.30. The Kier molecular flexibility index (Phi) is 6.69. The zero-order valence-corrected chi connectivity index (χ0v) is 14.3. The third-order valence-electron chi connectivity index (χ3n) is 4.14. The smallest absolute Gasteiger partial charge is 0.337 e. The molecular formula is C17H26N2O5. The molecule has 3 N–H and O–H groups in total. The van der Waals surface area contributed by atoms with Crippen molar-refractivity contribution in [1.82, 2.24) is 4.90 Å². The van der Waals surface area contributed by atoms with Gasteiger partial charge in [0.2, 0.25) is 0 Å². The molecule has 1 aromatic rings. The summed E-state index contributed by atoms with van der Waals surface area (Å²) in [5, 5.41) is 9.26. The lowest BCUT2D eigenvalue weighted by Gasteiger charge is -2.26. The fourth-order valence-electron chi connectivity index (χ4n) is 2.80. The number of hydrogen-bond acceptors (Lipinski definition) is 6. The number of rotatable bonds is 8. The van der Waals surface area contributed by atoms with Crippen molar-refractivity contribution in [3.63, 3.8) is 0 Å². The lowest BCUT2D eigenvalue weighted by molar-refractivity contribution is 0.0357. The van der Waals surface area contributed by atoms with Gasteiger partial charge in [-0.3, -0.25) is 4.90 Å². The van der Waals surface area contributed by atoms with Gasteiger partial charge in [-0.05, 0) is 24.5 Å². The Morgan fingerprint density at radius 2 is 2.08 bits per heavy atom. The monoisotopic (exact) mass is 338 g/mol. The van der Waals surface area contributed by atoms with Gasteiger partial charge in [0.25, 0.3) is 0 Å². The van der Waals surface area contributed by atoms with Crippen molar-refractivity contribution in [3.05, 3.63) is 17.2 Å². The second-order valence-corrected chi connectivity index (χ2v) is 5.67. The fourth-order valence-corrected chi connectivity index (χ4v) is 2.80. The maximum atomic E-state index is 11.3. The van der Waals surface area contributed by atoms with Gasteiger partial charge in [-0.2, -0.15) is 0 Å². The molecule has 0 bridgehead atoms. The van der Waals surface area contributed by atoms with Gasteiger partial charge in [-0.25, -0.2) is 4.79 Å². The van der Waals surface area contributed by atoms with E-state index in [-0.39, 0.29) is 11.3 Å². The molecule has 0 spiro atoms. The number of carboxylic acids is 1. The summed E-state index contributed by atoms with van der Waals surface area (Å²) >= 11 is 0. The lowest BCUT2D eigenvalue weighted by Crippen LogP contribution is -2.37. The van der Waals surface area contributed by atoms with Crippen LogP contribution in [0, 0.1) is 0 Å². The molecule has 7 nitrogen and oxygen atoms in total. The van der Waals surface area contributed by atoms with Gasteiger partial charge >= 0.3 is 5.97 Å². The maximum Gasteiger partial charge on any atom is 0.337 e. The van der Waals surface area contributed by atoms with Crippen LogP contribution in [0.25, 0.3) is 0 Å². The number of nitrogens with two attached hydrogens (primary N) is 1. The average Bonchev–Trinajstić information content (AvgIpc) is 2.59. The predicted octanol–water partition coefficient (Wildman–Crippen LogP) is 1.64. The number of ether oxygens (including phenoxy) is 3. The fraction of sp³-hybridized carbons (Fsp3) is 0.588. The van der Waals surface area contributed by atoms with Crippen LogP contribution in [0.5, 0.6) is 11.5 Å². The van der Waals surface area contributed by atoms with Crippen molar-refractivity contribution in [1.29, 1.82) is 0 Å².